The molecule has 37 heavy (non-hydrogen) atoms. The highest BCUT2D eigenvalue weighted by molar-refractivity contribution is 9.10. The van der Waals surface area contributed by atoms with Crippen molar-refractivity contribution in [3.8, 4) is 0 Å². The predicted octanol–water partition coefficient (Wildman–Crippen LogP) is 2.61. The number of pyridine rings is 1. The molecule has 3 heterocycles. The van der Waals surface area contributed by atoms with Crippen molar-refractivity contribution in [1.29, 1.82) is 0 Å². The summed E-state index contributed by atoms with van der Waals surface area (Å²) in [5.74, 6) is -0.572. The van der Waals surface area contributed by atoms with Gasteiger partial charge in [0.05, 0.1) is 46.6 Å². The third-order valence-electron chi connectivity index (χ3n) is 6.50. The molecule has 0 saturated carbocycles. The molecule has 2 aliphatic rings. The number of rotatable bonds is 7. The van der Waals surface area contributed by atoms with Gasteiger partial charge in [-0.2, -0.15) is 0 Å². The zero-order chi connectivity index (χ0) is 26.7. The van der Waals surface area contributed by atoms with Crippen LogP contribution in [0.2, 0.25) is 0 Å². The van der Waals surface area contributed by atoms with E-state index in [1.54, 1.807) is 35.2 Å². The molecule has 2 N–H and O–H groups in total. The second-order valence-electron chi connectivity index (χ2n) is 8.98. The van der Waals surface area contributed by atoms with Crippen LogP contribution in [-0.2, 0) is 9.47 Å². The van der Waals surface area contributed by atoms with E-state index in [9.17, 15) is 19.7 Å². The van der Waals surface area contributed by atoms with E-state index in [-0.39, 0.29) is 47.9 Å². The standard InChI is InChI=1S/C24H29BrN6O6/c1-14-11-29(4-5-37-14)24(33)18-7-16(25)8-20(31(34)35)22(18)28-19-12-30(13-21(19)36-3)23(32)15-6-17(26-2)10-27-9-15/h6-10,14,19,21,26,28H,4-5,11-13H2,1-3H3/t14-,19+,21+/m1/s1. The van der Waals surface area contributed by atoms with Crippen LogP contribution in [0.4, 0.5) is 17.1 Å². The molecular weight excluding hydrogens is 548 g/mol. The Bertz CT molecular complexity index is 1200. The fourth-order valence-corrected chi connectivity index (χ4v) is 5.05. The van der Waals surface area contributed by atoms with Crippen molar-refractivity contribution in [2.75, 3.05) is 57.6 Å². The Balaban J connectivity index is 1.63. The third kappa shape index (κ3) is 5.84. The molecule has 2 saturated heterocycles. The van der Waals surface area contributed by atoms with Gasteiger partial charge in [-0.15, -0.1) is 0 Å². The Kier molecular flexibility index (Phi) is 8.25. The Labute approximate surface area is 222 Å². The molecule has 4 rings (SSSR count). The molecule has 2 aliphatic heterocycles. The fraction of sp³-hybridized carbons (Fsp3) is 0.458. The van der Waals surface area contributed by atoms with Crippen LogP contribution in [0, 0.1) is 10.1 Å². The van der Waals surface area contributed by atoms with E-state index in [2.05, 4.69) is 31.5 Å². The fourth-order valence-electron chi connectivity index (χ4n) is 4.61. The molecule has 1 aromatic carbocycles. The van der Waals surface area contributed by atoms with Crippen molar-refractivity contribution in [2.24, 2.45) is 0 Å². The molecule has 12 nitrogen and oxygen atoms in total. The van der Waals surface area contributed by atoms with Crippen molar-refractivity contribution in [1.82, 2.24) is 14.8 Å². The summed E-state index contributed by atoms with van der Waals surface area (Å²) in [5.41, 5.74) is 1.13. The first-order valence-electron chi connectivity index (χ1n) is 11.8. The SMILES string of the molecule is CNc1cncc(C(=O)N2C[C@H](Nc3c(C(=O)N4CCO[C@H](C)C4)cc(Br)cc3[N+](=O)[O-])[C@@H](OC)C2)c1. The van der Waals surface area contributed by atoms with Gasteiger partial charge >= 0.3 is 0 Å². The maximum atomic E-state index is 13.5. The number of hydrogen-bond donors (Lipinski definition) is 2. The normalized spacial score (nSPS) is 21.6. The van der Waals surface area contributed by atoms with Crippen LogP contribution < -0.4 is 10.6 Å². The number of aromatic nitrogens is 1. The van der Waals surface area contributed by atoms with Crippen LogP contribution in [0.5, 0.6) is 0 Å². The second kappa shape index (κ2) is 11.4. The topological polar surface area (TPSA) is 139 Å². The van der Waals surface area contributed by atoms with Gasteiger partial charge in [0.2, 0.25) is 0 Å². The first kappa shape index (κ1) is 26.8. The zero-order valence-corrected chi connectivity index (χ0v) is 22.4. The average Bonchev–Trinajstić information content (AvgIpc) is 3.31. The minimum atomic E-state index is -0.527. The third-order valence-corrected chi connectivity index (χ3v) is 6.96. The summed E-state index contributed by atoms with van der Waals surface area (Å²) in [6.45, 7) is 3.51. The van der Waals surface area contributed by atoms with Crippen LogP contribution in [0.1, 0.15) is 27.6 Å². The summed E-state index contributed by atoms with van der Waals surface area (Å²) in [6, 6.07) is 4.14. The summed E-state index contributed by atoms with van der Waals surface area (Å²) in [7, 11) is 3.26. The van der Waals surface area contributed by atoms with Gasteiger partial charge in [0.15, 0.2) is 0 Å². The molecule has 13 heteroatoms. The highest BCUT2D eigenvalue weighted by Crippen LogP contribution is 2.35. The molecule has 0 bridgehead atoms. The lowest BCUT2D eigenvalue weighted by molar-refractivity contribution is -0.384. The highest BCUT2D eigenvalue weighted by Gasteiger charge is 2.38. The number of nitrogens with zero attached hydrogens (tertiary/aromatic N) is 4. The number of likely N-dealkylation sites (tertiary alicyclic amines) is 1. The van der Waals surface area contributed by atoms with Gasteiger partial charge in [0, 0.05) is 63.3 Å². The number of methoxy groups -OCH3 is 1. The van der Waals surface area contributed by atoms with Crippen molar-refractivity contribution in [2.45, 2.75) is 25.2 Å². The van der Waals surface area contributed by atoms with Gasteiger partial charge < -0.3 is 29.9 Å². The number of benzene rings is 1. The van der Waals surface area contributed by atoms with Crippen molar-refractivity contribution < 1.29 is 24.0 Å². The number of anilines is 2. The smallest absolute Gasteiger partial charge is 0.294 e. The van der Waals surface area contributed by atoms with Gasteiger partial charge in [0.1, 0.15) is 5.69 Å². The quantitative estimate of drug-likeness (QED) is 0.376. The first-order valence-corrected chi connectivity index (χ1v) is 12.6. The van der Waals surface area contributed by atoms with Crippen LogP contribution in [0.25, 0.3) is 0 Å². The van der Waals surface area contributed by atoms with E-state index in [0.29, 0.717) is 35.4 Å². The molecule has 0 radical (unpaired) electrons. The lowest BCUT2D eigenvalue weighted by Gasteiger charge is -2.32. The van der Waals surface area contributed by atoms with Crippen molar-refractivity contribution in [3.05, 3.63) is 56.3 Å². The molecule has 0 unspecified atom stereocenters. The highest BCUT2D eigenvalue weighted by atomic mass is 79.9. The number of nitrogens with one attached hydrogen (secondary N) is 2. The Morgan fingerprint density at radius 3 is 2.65 bits per heavy atom. The van der Waals surface area contributed by atoms with E-state index in [1.165, 1.54) is 19.4 Å². The van der Waals surface area contributed by atoms with E-state index in [0.717, 1.165) is 0 Å². The number of halogens is 1. The number of carbonyl (C=O) groups excluding carboxylic acids is 2. The molecule has 0 spiro atoms. The van der Waals surface area contributed by atoms with E-state index in [1.807, 2.05) is 6.92 Å². The van der Waals surface area contributed by atoms with Crippen molar-refractivity contribution in [3.63, 3.8) is 0 Å². The van der Waals surface area contributed by atoms with E-state index in [4.69, 9.17) is 9.47 Å². The van der Waals surface area contributed by atoms with Crippen LogP contribution in [0.3, 0.4) is 0 Å². The summed E-state index contributed by atoms with van der Waals surface area (Å²) < 4.78 is 11.6. The van der Waals surface area contributed by atoms with Crippen molar-refractivity contribution >= 4 is 44.8 Å². The maximum absolute atomic E-state index is 13.5. The molecule has 1 aromatic heterocycles. The number of amides is 2. The number of nitro benzene ring substituents is 1. The van der Waals surface area contributed by atoms with Gasteiger partial charge in [-0.05, 0) is 19.1 Å². The predicted molar refractivity (Wildman–Crippen MR) is 140 cm³/mol. The minimum absolute atomic E-state index is 0.0949. The lowest BCUT2D eigenvalue weighted by atomic mass is 10.1. The van der Waals surface area contributed by atoms with Gasteiger partial charge in [-0.3, -0.25) is 24.7 Å². The zero-order valence-electron chi connectivity index (χ0n) is 20.8. The molecule has 3 atom stereocenters. The number of ether oxygens (including phenoxy) is 2. The van der Waals surface area contributed by atoms with Gasteiger partial charge in [-0.25, -0.2) is 0 Å². The van der Waals surface area contributed by atoms with E-state index < -0.39 is 17.1 Å². The largest absolute Gasteiger partial charge is 0.387 e. The van der Waals surface area contributed by atoms with Crippen LogP contribution in [0.15, 0.2) is 35.1 Å². The number of hydrogen-bond acceptors (Lipinski definition) is 9. The molecule has 2 amide bonds. The minimum Gasteiger partial charge on any atom is -0.387 e. The molecule has 2 fully saturated rings. The number of morpholine rings is 1. The summed E-state index contributed by atoms with van der Waals surface area (Å²) in [5, 5.41) is 18.2. The molecular formula is C24H29BrN6O6. The second-order valence-corrected chi connectivity index (χ2v) is 9.90. The van der Waals surface area contributed by atoms with Gasteiger partial charge in [-0.1, -0.05) is 15.9 Å². The summed E-state index contributed by atoms with van der Waals surface area (Å²) >= 11 is 3.31. The van der Waals surface area contributed by atoms with Gasteiger partial charge in [0.25, 0.3) is 17.5 Å². The summed E-state index contributed by atoms with van der Waals surface area (Å²) in [4.78, 5) is 45.5. The Morgan fingerprint density at radius 1 is 1.19 bits per heavy atom. The maximum Gasteiger partial charge on any atom is 0.294 e. The molecule has 2 aromatic rings. The Hall–Kier alpha value is -3.29. The van der Waals surface area contributed by atoms with Crippen LogP contribution >= 0.6 is 15.9 Å². The molecule has 0 aliphatic carbocycles. The van der Waals surface area contributed by atoms with Crippen LogP contribution in [-0.4, -0.2) is 96.7 Å². The Morgan fingerprint density at radius 2 is 1.97 bits per heavy atom. The lowest BCUT2D eigenvalue weighted by Crippen LogP contribution is -2.45. The summed E-state index contributed by atoms with van der Waals surface area (Å²) in [6.07, 6.45) is 2.51. The first-order chi connectivity index (χ1) is 17.7. The van der Waals surface area contributed by atoms with E-state index >= 15 is 0 Å². The molecule has 198 valence electrons. The average molecular weight is 577 g/mol. The number of nitro groups is 1. The monoisotopic (exact) mass is 576 g/mol. The number of carbonyl (C=O) groups is 2.